The topological polar surface area (TPSA) is 103 Å². The van der Waals surface area contributed by atoms with E-state index in [4.69, 9.17) is 14.1 Å². The second-order valence-corrected chi connectivity index (χ2v) is 11.2. The highest BCUT2D eigenvalue weighted by atomic mass is 32.1. The van der Waals surface area contributed by atoms with Crippen LogP contribution in [-0.4, -0.2) is 22.9 Å². The molecule has 0 aliphatic carbocycles. The molecule has 0 saturated heterocycles. The number of rotatable bonds is 8. The van der Waals surface area contributed by atoms with Crippen molar-refractivity contribution in [2.75, 3.05) is 11.9 Å². The zero-order valence-corrected chi connectivity index (χ0v) is 25.2. The van der Waals surface area contributed by atoms with Crippen molar-refractivity contribution >= 4 is 34.8 Å². The predicted molar refractivity (Wildman–Crippen MR) is 171 cm³/mol. The van der Waals surface area contributed by atoms with E-state index in [0.717, 1.165) is 11.1 Å². The van der Waals surface area contributed by atoms with E-state index in [1.165, 1.54) is 18.3 Å². The number of furan rings is 1. The summed E-state index contributed by atoms with van der Waals surface area (Å²) in [4.78, 5) is 44.6. The maximum absolute atomic E-state index is 14.0. The van der Waals surface area contributed by atoms with Crippen molar-refractivity contribution in [3.8, 4) is 17.1 Å². The average Bonchev–Trinajstić information content (AvgIpc) is 3.61. The van der Waals surface area contributed by atoms with Crippen LogP contribution < -0.4 is 24.9 Å². The fourth-order valence-electron chi connectivity index (χ4n) is 5.14. The number of fused-ring (bicyclic) bond motifs is 1. The molecule has 220 valence electrons. The first-order valence-corrected chi connectivity index (χ1v) is 15.0. The van der Waals surface area contributed by atoms with Crippen molar-refractivity contribution in [2.24, 2.45) is 4.99 Å². The van der Waals surface area contributed by atoms with Gasteiger partial charge in [-0.05, 0) is 62.7 Å². The zero-order chi connectivity index (χ0) is 30.8. The Hall–Kier alpha value is -5.28. The molecule has 3 heterocycles. The number of anilines is 1. The van der Waals surface area contributed by atoms with Crippen LogP contribution in [0.15, 0.2) is 116 Å². The number of benzene rings is 3. The Morgan fingerprint density at radius 1 is 1.00 bits per heavy atom. The molecule has 0 bridgehead atoms. The number of nitrogens with one attached hydrogen (secondary N) is 1. The molecule has 1 N–H and O–H groups in total. The van der Waals surface area contributed by atoms with E-state index in [-0.39, 0.29) is 17.2 Å². The predicted octanol–water partition coefficient (Wildman–Crippen LogP) is 5.74. The van der Waals surface area contributed by atoms with Crippen LogP contribution in [0.4, 0.5) is 5.69 Å². The van der Waals surface area contributed by atoms with Gasteiger partial charge in [0.05, 0.1) is 28.5 Å². The molecule has 6 rings (SSSR count). The second kappa shape index (κ2) is 12.1. The summed E-state index contributed by atoms with van der Waals surface area (Å²) in [5, 5.41) is 2.96. The fourth-order valence-corrected chi connectivity index (χ4v) is 6.17. The molecule has 5 aromatic rings. The van der Waals surface area contributed by atoms with E-state index in [1.807, 2.05) is 79.7 Å². The van der Waals surface area contributed by atoms with Crippen molar-refractivity contribution in [3.63, 3.8) is 0 Å². The number of carbonyl (C=O) groups is 2. The molecule has 8 nitrogen and oxygen atoms in total. The molecule has 0 radical (unpaired) electrons. The van der Waals surface area contributed by atoms with Crippen molar-refractivity contribution in [1.82, 2.24) is 4.57 Å². The zero-order valence-electron chi connectivity index (χ0n) is 24.4. The number of hydrogen-bond donors (Lipinski definition) is 1. The number of para-hydroxylation sites is 1. The van der Waals surface area contributed by atoms with Gasteiger partial charge in [-0.2, -0.15) is 0 Å². The third-order valence-electron chi connectivity index (χ3n) is 7.28. The van der Waals surface area contributed by atoms with E-state index in [2.05, 4.69) is 5.32 Å². The third kappa shape index (κ3) is 5.69. The molecule has 9 heteroatoms. The van der Waals surface area contributed by atoms with Gasteiger partial charge in [-0.3, -0.25) is 19.0 Å². The lowest BCUT2D eigenvalue weighted by Gasteiger charge is -2.25. The summed E-state index contributed by atoms with van der Waals surface area (Å²) in [6.07, 6.45) is 1.69. The smallest absolute Gasteiger partial charge is 0.271 e. The summed E-state index contributed by atoms with van der Waals surface area (Å²) >= 11 is 1.24. The van der Waals surface area contributed by atoms with Gasteiger partial charge in [-0.1, -0.05) is 65.9 Å². The minimum Gasteiger partial charge on any atom is -0.494 e. The first-order valence-electron chi connectivity index (χ1n) is 14.2. The van der Waals surface area contributed by atoms with E-state index in [0.29, 0.717) is 55.7 Å². The lowest BCUT2D eigenvalue weighted by atomic mass is 9.95. The highest BCUT2D eigenvalue weighted by Gasteiger charge is 2.32. The van der Waals surface area contributed by atoms with Crippen LogP contribution in [0.25, 0.3) is 17.4 Å². The molecule has 2 aromatic heterocycles. The van der Waals surface area contributed by atoms with Crippen molar-refractivity contribution in [3.05, 3.63) is 139 Å². The molecular formula is C35H29N3O5S. The normalized spacial score (nSPS) is 14.6. The van der Waals surface area contributed by atoms with Crippen molar-refractivity contribution in [2.45, 2.75) is 26.8 Å². The fraction of sp³-hybridized carbons (Fsp3) is 0.143. The Kier molecular flexibility index (Phi) is 7.95. The summed E-state index contributed by atoms with van der Waals surface area (Å²) in [6.45, 7) is 5.75. The number of hydrogen-bond acceptors (Lipinski definition) is 7. The standard InChI is InChI=1S/C35H29N3O5S/c1-4-42-27-16-14-25(15-17-27)32-31(33(40)37-26-8-6-5-7-9-26)21(2)36-35-38(32)34(41)30(44-35)20-28-18-19-29(43-28)24-12-10-23(11-13-24)22(3)39/h5-20,32H,4H2,1-3H3,(H,37,40)/b30-20-/t32-/m0/s1. The van der Waals surface area contributed by atoms with Gasteiger partial charge >= 0.3 is 0 Å². The van der Waals surface area contributed by atoms with E-state index < -0.39 is 6.04 Å². The van der Waals surface area contributed by atoms with Crippen molar-refractivity contribution < 1.29 is 18.7 Å². The van der Waals surface area contributed by atoms with Crippen LogP contribution in [0.1, 0.15) is 48.5 Å². The van der Waals surface area contributed by atoms with Gasteiger partial charge in [0.2, 0.25) is 0 Å². The SMILES string of the molecule is CCOc1ccc([C@H]2C(C(=O)Nc3ccccc3)=C(C)N=c3s/c(=C\c4ccc(-c5ccc(C(C)=O)cc5)o4)c(=O)n32)cc1. The second-order valence-electron chi connectivity index (χ2n) is 10.2. The lowest BCUT2D eigenvalue weighted by Crippen LogP contribution is -2.40. The minimum atomic E-state index is -0.709. The Labute approximate surface area is 257 Å². The lowest BCUT2D eigenvalue weighted by molar-refractivity contribution is -0.113. The number of ketones is 1. The largest absolute Gasteiger partial charge is 0.494 e. The quantitative estimate of drug-likeness (QED) is 0.228. The number of ether oxygens (including phenoxy) is 1. The highest BCUT2D eigenvalue weighted by molar-refractivity contribution is 7.07. The van der Waals surface area contributed by atoms with Crippen LogP contribution >= 0.6 is 11.3 Å². The molecular weight excluding hydrogens is 574 g/mol. The van der Waals surface area contributed by atoms with Gasteiger partial charge in [0.25, 0.3) is 11.5 Å². The summed E-state index contributed by atoms with van der Waals surface area (Å²) in [5.41, 5.74) is 3.46. The summed E-state index contributed by atoms with van der Waals surface area (Å²) < 4.78 is 13.7. The molecule has 1 aliphatic rings. The van der Waals surface area contributed by atoms with Crippen molar-refractivity contribution in [1.29, 1.82) is 0 Å². The summed E-state index contributed by atoms with van der Waals surface area (Å²) in [5.74, 6) is 1.46. The number of amides is 1. The van der Waals surface area contributed by atoms with Crippen LogP contribution in [-0.2, 0) is 4.79 Å². The van der Waals surface area contributed by atoms with Crippen LogP contribution in [0.3, 0.4) is 0 Å². The van der Waals surface area contributed by atoms with Gasteiger partial charge in [0, 0.05) is 22.9 Å². The third-order valence-corrected chi connectivity index (χ3v) is 8.26. The molecule has 1 atom stereocenters. The van der Waals surface area contributed by atoms with Gasteiger partial charge in [0.15, 0.2) is 10.6 Å². The summed E-state index contributed by atoms with van der Waals surface area (Å²) in [6, 6.07) is 26.7. The highest BCUT2D eigenvalue weighted by Crippen LogP contribution is 2.32. The molecule has 3 aromatic carbocycles. The molecule has 1 aliphatic heterocycles. The number of carbonyl (C=O) groups excluding carboxylic acids is 2. The van der Waals surface area contributed by atoms with E-state index >= 15 is 0 Å². The average molecular weight is 604 g/mol. The maximum Gasteiger partial charge on any atom is 0.271 e. The van der Waals surface area contributed by atoms with Crippen LogP contribution in [0.5, 0.6) is 5.75 Å². The maximum atomic E-state index is 14.0. The summed E-state index contributed by atoms with van der Waals surface area (Å²) in [7, 11) is 0. The number of allylic oxidation sites excluding steroid dienone is 1. The van der Waals surface area contributed by atoms with E-state index in [1.54, 1.807) is 35.8 Å². The van der Waals surface area contributed by atoms with E-state index in [9.17, 15) is 14.4 Å². The molecule has 0 spiro atoms. The Bertz CT molecular complexity index is 2070. The van der Waals surface area contributed by atoms with Crippen LogP contribution in [0, 0.1) is 0 Å². The number of nitrogens with zero attached hydrogens (tertiary/aromatic N) is 2. The molecule has 1 amide bonds. The van der Waals surface area contributed by atoms with Crippen LogP contribution in [0.2, 0.25) is 0 Å². The molecule has 0 fully saturated rings. The number of thiazole rings is 1. The number of aromatic nitrogens is 1. The van der Waals surface area contributed by atoms with Gasteiger partial charge in [-0.15, -0.1) is 0 Å². The van der Waals surface area contributed by atoms with Gasteiger partial charge < -0.3 is 14.5 Å². The van der Waals surface area contributed by atoms with Gasteiger partial charge in [0.1, 0.15) is 17.3 Å². The minimum absolute atomic E-state index is 0.00783. The number of Topliss-reactive ketones (excluding diaryl/α,β-unsaturated/α-hetero) is 1. The Morgan fingerprint density at radius 2 is 1.73 bits per heavy atom. The molecule has 0 saturated carbocycles. The Balaban J connectivity index is 1.41. The Morgan fingerprint density at radius 3 is 2.41 bits per heavy atom. The first kappa shape index (κ1) is 28.8. The monoisotopic (exact) mass is 603 g/mol. The molecule has 44 heavy (non-hydrogen) atoms. The van der Waals surface area contributed by atoms with Gasteiger partial charge in [-0.25, -0.2) is 4.99 Å². The first-order chi connectivity index (χ1) is 21.3. The molecule has 0 unspecified atom stereocenters.